The van der Waals surface area contributed by atoms with Crippen LogP contribution in [-0.4, -0.2) is 9.55 Å². The summed E-state index contributed by atoms with van der Waals surface area (Å²) in [5.74, 6) is 0.503. The van der Waals surface area contributed by atoms with Crippen LogP contribution in [0.4, 0.5) is 17.1 Å². The van der Waals surface area contributed by atoms with E-state index in [9.17, 15) is 5.48 Å². The van der Waals surface area contributed by atoms with Gasteiger partial charge in [-0.3, -0.25) is 0 Å². The maximum atomic E-state index is 10.3. The van der Waals surface area contributed by atoms with Crippen molar-refractivity contribution in [2.75, 3.05) is 4.90 Å². The first kappa shape index (κ1) is 24.7. The summed E-state index contributed by atoms with van der Waals surface area (Å²) in [6.45, 7) is 0. The third-order valence-corrected chi connectivity index (χ3v) is 10.3. The fourth-order valence-electron chi connectivity index (χ4n) is 7.68. The van der Waals surface area contributed by atoms with Crippen LogP contribution in [0, 0.1) is 0 Å². The number of hydrogen-bond acceptors (Lipinski definition) is 3. The Hall–Kier alpha value is -7.69. The zero-order chi connectivity index (χ0) is 45.5. The van der Waals surface area contributed by atoms with Crippen LogP contribution in [0.5, 0.6) is 0 Å². The van der Waals surface area contributed by atoms with Gasteiger partial charge < -0.3 is 13.9 Å². The van der Waals surface area contributed by atoms with Crippen LogP contribution in [0.15, 0.2) is 217 Å². The quantitative estimate of drug-likeness (QED) is 0.163. The van der Waals surface area contributed by atoms with Crippen molar-refractivity contribution >= 4 is 60.7 Å². The topological polar surface area (TPSA) is 34.2 Å². The van der Waals surface area contributed by atoms with E-state index in [1.807, 2.05) is 138 Å². The molecule has 0 spiro atoms. The molecular formula is C53H35N3O. The van der Waals surface area contributed by atoms with Crippen molar-refractivity contribution < 1.29 is 16.8 Å². The Bertz CT molecular complexity index is 3750. The van der Waals surface area contributed by atoms with Crippen LogP contribution < -0.4 is 4.90 Å². The third kappa shape index (κ3) is 5.58. The summed E-state index contributed by atoms with van der Waals surface area (Å²) in [4.78, 5) is 6.59. The Kier molecular flexibility index (Phi) is 5.87. The van der Waals surface area contributed by atoms with E-state index < -0.39 is 30.2 Å². The van der Waals surface area contributed by atoms with E-state index in [1.165, 1.54) is 0 Å². The molecule has 0 N–H and O–H groups in total. The monoisotopic (exact) mass is 738 g/mol. The molecule has 0 saturated heterocycles. The van der Waals surface area contributed by atoms with E-state index in [1.54, 1.807) is 28.8 Å². The average Bonchev–Trinajstić information content (AvgIpc) is 3.96. The second-order valence-corrected chi connectivity index (χ2v) is 13.6. The zero-order valence-electron chi connectivity index (χ0n) is 39.3. The lowest BCUT2D eigenvalue weighted by molar-refractivity contribution is 0.621. The highest BCUT2D eigenvalue weighted by atomic mass is 16.3. The molecule has 0 saturated carbocycles. The van der Waals surface area contributed by atoms with Gasteiger partial charge in [0.05, 0.1) is 29.1 Å². The SMILES string of the molecule is [2H]c1c([2H])c([2H])c2c(c1[2H])c([2H])c([2H])c1c3c([2H])c([2H])c(N(c4ccc(-c5cccc6nc(-c7ccccc7)oc56)cc4)c4ccccc4-c4ccccc4)c([2H])c3n(-c3ccccc3)c21. The summed E-state index contributed by atoms with van der Waals surface area (Å²) in [5, 5.41) is -0.0447. The van der Waals surface area contributed by atoms with Crippen LogP contribution in [-0.2, 0) is 0 Å². The summed E-state index contributed by atoms with van der Waals surface area (Å²) in [6, 6.07) is 46.1. The highest BCUT2D eigenvalue weighted by Crippen LogP contribution is 2.45. The maximum Gasteiger partial charge on any atom is 0.227 e. The zero-order valence-corrected chi connectivity index (χ0v) is 30.3. The highest BCUT2D eigenvalue weighted by molar-refractivity contribution is 6.19. The van der Waals surface area contributed by atoms with Gasteiger partial charge in [-0.25, -0.2) is 4.98 Å². The molecule has 0 bridgehead atoms. The molecule has 0 aliphatic heterocycles. The van der Waals surface area contributed by atoms with E-state index in [4.69, 9.17) is 16.3 Å². The molecule has 0 aliphatic carbocycles. The summed E-state index contributed by atoms with van der Waals surface area (Å²) in [7, 11) is 0. The fraction of sp³-hybridized carbons (Fsp3) is 0. The Morgan fingerprint density at radius 3 is 1.98 bits per heavy atom. The largest absolute Gasteiger partial charge is 0.435 e. The molecular weight excluding hydrogens is 695 g/mol. The maximum absolute atomic E-state index is 10.3. The third-order valence-electron chi connectivity index (χ3n) is 10.3. The lowest BCUT2D eigenvalue weighted by Crippen LogP contribution is -2.11. The van der Waals surface area contributed by atoms with Crippen molar-refractivity contribution in [3.8, 4) is 39.4 Å². The van der Waals surface area contributed by atoms with Crippen molar-refractivity contribution in [2.45, 2.75) is 0 Å². The van der Waals surface area contributed by atoms with Crippen molar-refractivity contribution in [3.63, 3.8) is 0 Å². The van der Waals surface area contributed by atoms with Gasteiger partial charge >= 0.3 is 0 Å². The Labute approximate surface area is 342 Å². The van der Waals surface area contributed by atoms with E-state index in [0.717, 1.165) is 27.8 Å². The molecule has 268 valence electrons. The minimum absolute atomic E-state index is 0.0107. The molecule has 0 atom stereocenters. The van der Waals surface area contributed by atoms with Gasteiger partial charge in [-0.2, -0.15) is 0 Å². The van der Waals surface area contributed by atoms with E-state index in [2.05, 4.69) is 0 Å². The minimum atomic E-state index is -0.534. The summed E-state index contributed by atoms with van der Waals surface area (Å²) in [5.41, 5.74) is 7.57. The molecule has 0 radical (unpaired) electrons. The van der Waals surface area contributed by atoms with Gasteiger partial charge in [0.25, 0.3) is 0 Å². The minimum Gasteiger partial charge on any atom is -0.435 e. The average molecular weight is 739 g/mol. The number of fused-ring (bicyclic) bond motifs is 6. The lowest BCUT2D eigenvalue weighted by Gasteiger charge is -2.28. The molecule has 0 aliphatic rings. The van der Waals surface area contributed by atoms with Gasteiger partial charge in [0.15, 0.2) is 5.58 Å². The standard InChI is InChI=1S/C53H35N3O/c1-4-15-36(16-5-1)43-22-12-13-26-49(43)55(41-30-27-38(28-31-41)45-24-14-25-48-52(45)57-53(54-48)39-18-6-2-7-19-39)42-32-34-46-47-33-29-37-17-10-11-23-44(37)51(47)56(50(46)35-42)40-20-8-3-9-21-40/h1-35H/i10D,11D,17D,23D,29D,32D,33D,34D,35D. The van der Waals surface area contributed by atoms with Crippen molar-refractivity contribution in [1.29, 1.82) is 0 Å². The van der Waals surface area contributed by atoms with Gasteiger partial charge in [0.2, 0.25) is 5.89 Å². The van der Waals surface area contributed by atoms with Crippen LogP contribution >= 0.6 is 0 Å². The summed E-state index contributed by atoms with van der Waals surface area (Å²) < 4.78 is 91.7. The first-order valence-corrected chi connectivity index (χ1v) is 18.6. The predicted octanol–water partition coefficient (Wildman–Crippen LogP) is 14.5. The molecule has 9 aromatic carbocycles. The number of anilines is 3. The Morgan fingerprint density at radius 2 is 1.18 bits per heavy atom. The highest BCUT2D eigenvalue weighted by Gasteiger charge is 2.21. The van der Waals surface area contributed by atoms with Crippen molar-refractivity contribution in [3.05, 3.63) is 212 Å². The molecule has 2 heterocycles. The molecule has 2 aromatic heterocycles. The predicted molar refractivity (Wildman–Crippen MR) is 237 cm³/mol. The molecule has 4 heteroatoms. The van der Waals surface area contributed by atoms with E-state index >= 15 is 0 Å². The molecule has 0 fully saturated rings. The summed E-state index contributed by atoms with van der Waals surface area (Å²) in [6.07, 6.45) is 0. The second kappa shape index (κ2) is 13.6. The Morgan fingerprint density at radius 1 is 0.509 bits per heavy atom. The van der Waals surface area contributed by atoms with Crippen molar-refractivity contribution in [1.82, 2.24) is 9.55 Å². The molecule has 0 amide bonds. The Balaban J connectivity index is 1.22. The van der Waals surface area contributed by atoms with Crippen LogP contribution in [0.25, 0.3) is 83.1 Å². The van der Waals surface area contributed by atoms with Crippen LogP contribution in [0.1, 0.15) is 12.3 Å². The first-order chi connectivity index (χ1) is 32.0. The number of rotatable bonds is 7. The van der Waals surface area contributed by atoms with Gasteiger partial charge in [-0.15, -0.1) is 0 Å². The molecule has 4 nitrogen and oxygen atoms in total. The molecule has 0 unspecified atom stereocenters. The first-order valence-electron chi connectivity index (χ1n) is 23.1. The van der Waals surface area contributed by atoms with Gasteiger partial charge in [0.1, 0.15) is 5.52 Å². The molecule has 57 heavy (non-hydrogen) atoms. The van der Waals surface area contributed by atoms with Gasteiger partial charge in [-0.1, -0.05) is 151 Å². The van der Waals surface area contributed by atoms with Crippen LogP contribution in [0.2, 0.25) is 0 Å². The molecule has 11 rings (SSSR count). The van der Waals surface area contributed by atoms with Crippen LogP contribution in [0.3, 0.4) is 0 Å². The summed E-state index contributed by atoms with van der Waals surface area (Å²) >= 11 is 0. The van der Waals surface area contributed by atoms with E-state index in [0.29, 0.717) is 34.1 Å². The number of oxazole rings is 1. The number of aromatic nitrogens is 2. The van der Waals surface area contributed by atoms with E-state index in [-0.39, 0.29) is 62.4 Å². The number of nitrogens with zero attached hydrogens (tertiary/aromatic N) is 3. The normalized spacial score (nSPS) is 13.7. The van der Waals surface area contributed by atoms with Crippen molar-refractivity contribution in [2.24, 2.45) is 0 Å². The number of hydrogen-bond donors (Lipinski definition) is 0. The fourth-order valence-corrected chi connectivity index (χ4v) is 7.68. The second-order valence-electron chi connectivity index (χ2n) is 13.6. The lowest BCUT2D eigenvalue weighted by atomic mass is 10.0. The van der Waals surface area contributed by atoms with Gasteiger partial charge in [0, 0.05) is 49.9 Å². The smallest absolute Gasteiger partial charge is 0.227 e. The number of benzene rings is 9. The van der Waals surface area contributed by atoms with Gasteiger partial charge in [-0.05, 0) is 77.1 Å². The number of para-hydroxylation sites is 3. The molecule has 11 aromatic rings.